The second-order valence-corrected chi connectivity index (χ2v) is 19.4. The van der Waals surface area contributed by atoms with E-state index in [1.165, 1.54) is 57.6 Å². The molecule has 0 radical (unpaired) electrons. The Morgan fingerprint density at radius 2 is 1.60 bits per heavy atom. The highest BCUT2D eigenvalue weighted by Crippen LogP contribution is 2.47. The number of ketones is 1. The Hall–Kier alpha value is -5.38. The maximum Gasteiger partial charge on any atom is 0.321 e. The van der Waals surface area contributed by atoms with Gasteiger partial charge in [-0.2, -0.15) is 0 Å². The largest absolute Gasteiger partial charge is 0.515 e. The van der Waals surface area contributed by atoms with E-state index in [1.807, 2.05) is 45.1 Å². The summed E-state index contributed by atoms with van der Waals surface area (Å²) in [5.74, 6) is -0.732. The minimum absolute atomic E-state index is 0.139. The smallest absolute Gasteiger partial charge is 0.321 e. The van der Waals surface area contributed by atoms with Crippen LogP contribution in [0, 0.1) is 35.5 Å². The van der Waals surface area contributed by atoms with Crippen molar-refractivity contribution in [2.45, 2.75) is 139 Å². The van der Waals surface area contributed by atoms with Gasteiger partial charge in [-0.15, -0.1) is 0 Å². The molecule has 6 rings (SSSR count). The SMILES string of the molecule is C=CC1=C(C)C2=NC1=CC1=NC(=C(CC)C1=CO)C=C1N=C3C(=C1C)C(=O)C(C(=O)OC)C3=C1NC(=C2)C(C)C1CCC(=O)OC/C=C(\C)CCCC(C)CCCC(C)CCCC(C)C. The zero-order valence-corrected chi connectivity index (χ0v) is 40.7. The van der Waals surface area contributed by atoms with Crippen molar-refractivity contribution < 1.29 is 29.0 Å². The monoisotopic (exact) mass is 885 g/mol. The van der Waals surface area contributed by atoms with Gasteiger partial charge in [0.15, 0.2) is 5.78 Å². The van der Waals surface area contributed by atoms with Gasteiger partial charge in [0.1, 0.15) is 12.5 Å². The van der Waals surface area contributed by atoms with Gasteiger partial charge in [-0.1, -0.05) is 105 Å². The molecule has 1 saturated heterocycles. The minimum Gasteiger partial charge on any atom is -0.515 e. The first-order valence-corrected chi connectivity index (χ1v) is 24.1. The third-order valence-electron chi connectivity index (χ3n) is 14.2. The number of carbonyl (C=O) groups is 3. The molecule has 0 aromatic carbocycles. The van der Waals surface area contributed by atoms with E-state index >= 15 is 0 Å². The highest BCUT2D eigenvalue weighted by atomic mass is 16.5. The maximum atomic E-state index is 14.4. The summed E-state index contributed by atoms with van der Waals surface area (Å²) in [6, 6.07) is 0. The topological polar surface area (TPSA) is 139 Å². The second-order valence-electron chi connectivity index (χ2n) is 19.4. The first-order chi connectivity index (χ1) is 31.1. The molecule has 5 atom stereocenters. The maximum absolute atomic E-state index is 14.4. The number of hydrogen-bond acceptors (Lipinski definition) is 10. The number of Topliss-reactive ketones (excluding diaryl/α,β-unsaturated/α-hetero) is 1. The Balaban J connectivity index is 1.21. The number of fused-ring (bicyclic) bond motifs is 5. The Bertz CT molecular complexity index is 2350. The summed E-state index contributed by atoms with van der Waals surface area (Å²) in [6.07, 6.45) is 22.9. The average Bonchev–Trinajstić information content (AvgIpc) is 4.02. The normalized spacial score (nSPS) is 23.2. The van der Waals surface area contributed by atoms with Crippen LogP contribution in [0.4, 0.5) is 0 Å². The van der Waals surface area contributed by atoms with Gasteiger partial charge in [0.25, 0.3) is 0 Å². The lowest BCUT2D eigenvalue weighted by Crippen LogP contribution is -2.26. The third kappa shape index (κ3) is 10.8. The van der Waals surface area contributed by atoms with Crippen LogP contribution in [0.2, 0.25) is 0 Å². The lowest BCUT2D eigenvalue weighted by atomic mass is 9.85. The molecule has 0 aromatic heterocycles. The van der Waals surface area contributed by atoms with Gasteiger partial charge < -0.3 is 19.9 Å². The van der Waals surface area contributed by atoms with Crippen molar-refractivity contribution in [2.24, 2.45) is 50.5 Å². The van der Waals surface area contributed by atoms with Crippen LogP contribution in [-0.4, -0.2) is 53.7 Å². The van der Waals surface area contributed by atoms with Gasteiger partial charge >= 0.3 is 11.9 Å². The second kappa shape index (κ2) is 21.7. The highest BCUT2D eigenvalue weighted by Gasteiger charge is 2.52. The predicted octanol–water partition coefficient (Wildman–Crippen LogP) is 12.1. The zero-order chi connectivity index (χ0) is 47.1. The van der Waals surface area contributed by atoms with E-state index in [-0.39, 0.29) is 36.6 Å². The number of nitrogens with zero attached hydrogens (tertiary/aromatic N) is 3. The van der Waals surface area contributed by atoms with Crippen LogP contribution in [0.1, 0.15) is 139 Å². The van der Waals surface area contributed by atoms with E-state index in [4.69, 9.17) is 24.5 Å². The van der Waals surface area contributed by atoms with Crippen molar-refractivity contribution >= 4 is 34.9 Å². The Morgan fingerprint density at radius 1 is 0.908 bits per heavy atom. The van der Waals surface area contributed by atoms with Crippen molar-refractivity contribution in [2.75, 3.05) is 13.7 Å². The van der Waals surface area contributed by atoms with Crippen molar-refractivity contribution in [1.82, 2.24) is 5.32 Å². The highest BCUT2D eigenvalue weighted by molar-refractivity contribution is 6.42. The van der Waals surface area contributed by atoms with E-state index in [1.54, 1.807) is 6.08 Å². The number of esters is 2. The number of aliphatic hydroxyl groups is 1. The molecule has 0 amide bonds. The van der Waals surface area contributed by atoms with Gasteiger partial charge in [0, 0.05) is 51.9 Å². The summed E-state index contributed by atoms with van der Waals surface area (Å²) in [6.45, 7) is 23.7. The van der Waals surface area contributed by atoms with Crippen LogP contribution >= 0.6 is 0 Å². The van der Waals surface area contributed by atoms with Crippen LogP contribution in [0.25, 0.3) is 0 Å². The Kier molecular flexibility index (Phi) is 16.4. The van der Waals surface area contributed by atoms with Crippen LogP contribution < -0.4 is 5.32 Å². The molecule has 10 heteroatoms. The summed E-state index contributed by atoms with van der Waals surface area (Å²) in [4.78, 5) is 56.5. The number of carbonyl (C=O) groups excluding carboxylic acids is 3. The lowest BCUT2D eigenvalue weighted by Gasteiger charge is -2.19. The van der Waals surface area contributed by atoms with Crippen molar-refractivity contribution in [3.05, 3.63) is 116 Å². The van der Waals surface area contributed by atoms with Crippen molar-refractivity contribution in [3.63, 3.8) is 0 Å². The van der Waals surface area contributed by atoms with Crippen LogP contribution in [0.3, 0.4) is 0 Å². The molecule has 10 nitrogen and oxygen atoms in total. The molecule has 5 unspecified atom stereocenters. The summed E-state index contributed by atoms with van der Waals surface area (Å²) >= 11 is 0. The molecular weight excluding hydrogens is 813 g/mol. The number of aliphatic imine (C=N–C) groups is 3. The van der Waals surface area contributed by atoms with Crippen LogP contribution in [0.5, 0.6) is 0 Å². The number of hydrogen-bond donors (Lipinski definition) is 2. The Morgan fingerprint density at radius 3 is 2.25 bits per heavy atom. The number of rotatable bonds is 20. The van der Waals surface area contributed by atoms with Crippen molar-refractivity contribution in [3.8, 4) is 0 Å². The van der Waals surface area contributed by atoms with E-state index < -0.39 is 11.9 Å². The standard InChI is InChI=1S/C55H72N4O6/c1-12-38-35(8)42-27-43-36(9)40(23-24-48(61)65-26-25-34(7)22-16-21-33(6)20-15-19-32(5)18-14-17-31(3)4)52(58-43)50-51(55(63)64-11)54(62)49-37(10)44(59-53(49)50)28-46-39(13-2)41(30-60)47(57-46)29-45(38)56-42/h12,25,27-33,36,40,51,58,60H,1,13-24,26H2,2-11H3/b34-25+,41-30?,43-27?,44-28?,45-29?,52-50?. The molecule has 0 aromatic rings. The predicted molar refractivity (Wildman–Crippen MR) is 262 cm³/mol. The molecule has 1 saturated carbocycles. The molecule has 5 aliphatic heterocycles. The molecule has 65 heavy (non-hydrogen) atoms. The van der Waals surface area contributed by atoms with Crippen LogP contribution in [-0.2, 0) is 23.9 Å². The number of aliphatic hydroxyl groups excluding tert-OH is 1. The van der Waals surface area contributed by atoms with E-state index in [2.05, 4.69) is 53.4 Å². The number of nitrogens with one attached hydrogen (secondary N) is 1. The summed E-state index contributed by atoms with van der Waals surface area (Å²) in [7, 11) is 1.29. The summed E-state index contributed by atoms with van der Waals surface area (Å²) in [5, 5.41) is 14.1. The van der Waals surface area contributed by atoms with Gasteiger partial charge in [-0.25, -0.2) is 15.0 Å². The molecule has 1 aliphatic carbocycles. The van der Waals surface area contributed by atoms with Gasteiger partial charge in [-0.05, 0) is 105 Å². The Labute approximate surface area is 387 Å². The molecule has 8 bridgehead atoms. The van der Waals surface area contributed by atoms with E-state index in [9.17, 15) is 19.5 Å². The fraction of sp³-hybridized carbons (Fsp3) is 0.527. The van der Waals surface area contributed by atoms with Gasteiger partial charge in [0.2, 0.25) is 0 Å². The van der Waals surface area contributed by atoms with E-state index in [0.29, 0.717) is 81.0 Å². The molecule has 5 heterocycles. The summed E-state index contributed by atoms with van der Waals surface area (Å²) in [5.41, 5.74) is 10.9. The number of ether oxygens (including phenoxy) is 2. The number of methoxy groups -OCH3 is 1. The lowest BCUT2D eigenvalue weighted by molar-refractivity contribution is -0.146. The number of allylic oxidation sites excluding steroid dienone is 12. The quantitative estimate of drug-likeness (QED) is 0.0537. The third-order valence-corrected chi connectivity index (χ3v) is 14.2. The zero-order valence-electron chi connectivity index (χ0n) is 40.7. The average molecular weight is 885 g/mol. The first kappa shape index (κ1) is 49.1. The molecule has 6 aliphatic rings. The fourth-order valence-corrected chi connectivity index (χ4v) is 10.1. The molecular formula is C55H72N4O6. The molecule has 348 valence electrons. The van der Waals surface area contributed by atoms with Crippen LogP contribution in [0.15, 0.2) is 131 Å². The fourth-order valence-electron chi connectivity index (χ4n) is 10.1. The first-order valence-electron chi connectivity index (χ1n) is 24.1. The molecule has 2 fully saturated rings. The molecule has 0 spiro atoms. The van der Waals surface area contributed by atoms with Gasteiger partial charge in [-0.3, -0.25) is 14.4 Å². The molecule has 2 N–H and O–H groups in total. The summed E-state index contributed by atoms with van der Waals surface area (Å²) < 4.78 is 11.0. The van der Waals surface area contributed by atoms with Crippen molar-refractivity contribution in [1.29, 1.82) is 0 Å². The van der Waals surface area contributed by atoms with E-state index in [0.717, 1.165) is 53.4 Å². The minimum atomic E-state index is -1.23. The van der Waals surface area contributed by atoms with Gasteiger partial charge in [0.05, 0.1) is 47.6 Å².